The van der Waals surface area contributed by atoms with E-state index in [1.807, 2.05) is 24.3 Å². The minimum Gasteiger partial charge on any atom is -0.497 e. The molecule has 0 saturated heterocycles. The van der Waals surface area contributed by atoms with Crippen LogP contribution in [0.4, 0.5) is 5.69 Å². The van der Waals surface area contributed by atoms with E-state index in [-0.39, 0.29) is 0 Å². The molecule has 0 unspecified atom stereocenters. The average Bonchev–Trinajstić information content (AvgIpc) is 2.45. The minimum absolute atomic E-state index is 0.483. The van der Waals surface area contributed by atoms with Crippen LogP contribution in [0.2, 0.25) is 0 Å². The second kappa shape index (κ2) is 6.93. The highest BCUT2D eigenvalue weighted by Crippen LogP contribution is 2.29. The summed E-state index contributed by atoms with van der Waals surface area (Å²) < 4.78 is 5.15. The summed E-state index contributed by atoms with van der Waals surface area (Å²) in [7, 11) is 1.67. The number of methoxy groups -OCH3 is 1. The molecule has 2 N–H and O–H groups in total. The number of anilines is 1. The predicted octanol–water partition coefficient (Wildman–Crippen LogP) is 3.81. The Labute approximate surface area is 127 Å². The zero-order valence-corrected chi connectivity index (χ0v) is 13.3. The molecule has 4 heteroatoms. The van der Waals surface area contributed by atoms with E-state index in [4.69, 9.17) is 17.0 Å². The molecule has 0 heterocycles. The van der Waals surface area contributed by atoms with Crippen molar-refractivity contribution in [1.29, 1.82) is 0 Å². The summed E-state index contributed by atoms with van der Waals surface area (Å²) in [4.78, 5) is 0. The van der Waals surface area contributed by atoms with Crippen LogP contribution in [0.3, 0.4) is 0 Å². The largest absolute Gasteiger partial charge is 0.497 e. The number of rotatable bonds is 3. The molecule has 1 aliphatic rings. The van der Waals surface area contributed by atoms with Gasteiger partial charge in [0, 0.05) is 11.7 Å². The lowest BCUT2D eigenvalue weighted by atomic mass is 9.78. The molecule has 0 bridgehead atoms. The van der Waals surface area contributed by atoms with E-state index in [2.05, 4.69) is 24.5 Å². The van der Waals surface area contributed by atoms with E-state index >= 15 is 0 Å². The molecule has 0 spiro atoms. The third kappa shape index (κ3) is 3.85. The van der Waals surface area contributed by atoms with Gasteiger partial charge in [0.2, 0.25) is 0 Å². The quantitative estimate of drug-likeness (QED) is 0.830. The monoisotopic (exact) mass is 292 g/mol. The van der Waals surface area contributed by atoms with Crippen molar-refractivity contribution in [2.45, 2.75) is 39.2 Å². The predicted molar refractivity (Wildman–Crippen MR) is 88.3 cm³/mol. The van der Waals surface area contributed by atoms with Crippen LogP contribution in [-0.2, 0) is 0 Å². The molecular formula is C16H24N2OS. The summed E-state index contributed by atoms with van der Waals surface area (Å²) in [6, 6.07) is 8.28. The molecule has 3 atom stereocenters. The zero-order chi connectivity index (χ0) is 14.5. The molecule has 110 valence electrons. The van der Waals surface area contributed by atoms with Crippen molar-refractivity contribution >= 4 is 23.0 Å². The summed E-state index contributed by atoms with van der Waals surface area (Å²) >= 11 is 5.42. The summed E-state index contributed by atoms with van der Waals surface area (Å²) in [6.45, 7) is 4.65. The van der Waals surface area contributed by atoms with Crippen molar-refractivity contribution in [2.24, 2.45) is 11.8 Å². The van der Waals surface area contributed by atoms with Gasteiger partial charge in [0.25, 0.3) is 0 Å². The fraction of sp³-hybridized carbons (Fsp3) is 0.562. The van der Waals surface area contributed by atoms with Crippen LogP contribution in [0.5, 0.6) is 5.75 Å². The van der Waals surface area contributed by atoms with E-state index in [0.29, 0.717) is 17.1 Å². The van der Waals surface area contributed by atoms with Gasteiger partial charge in [-0.2, -0.15) is 0 Å². The van der Waals surface area contributed by atoms with Gasteiger partial charge in [-0.25, -0.2) is 0 Å². The van der Waals surface area contributed by atoms with Crippen molar-refractivity contribution in [3.8, 4) is 5.75 Å². The van der Waals surface area contributed by atoms with Crippen molar-refractivity contribution in [3.05, 3.63) is 24.3 Å². The summed E-state index contributed by atoms with van der Waals surface area (Å²) in [6.07, 6.45) is 3.82. The Morgan fingerprint density at radius 3 is 2.55 bits per heavy atom. The van der Waals surface area contributed by atoms with E-state index in [0.717, 1.165) is 17.4 Å². The third-order valence-corrected chi connectivity index (χ3v) is 4.59. The first kappa shape index (κ1) is 15.1. The number of ether oxygens (including phenoxy) is 1. The summed E-state index contributed by atoms with van der Waals surface area (Å²) in [5, 5.41) is 7.42. The third-order valence-electron chi connectivity index (χ3n) is 4.37. The Morgan fingerprint density at radius 1 is 1.20 bits per heavy atom. The molecule has 1 fully saturated rings. The van der Waals surface area contributed by atoms with Crippen molar-refractivity contribution < 1.29 is 4.74 Å². The molecule has 0 amide bonds. The van der Waals surface area contributed by atoms with Gasteiger partial charge in [-0.3, -0.25) is 0 Å². The minimum atomic E-state index is 0.483. The lowest BCUT2D eigenvalue weighted by Gasteiger charge is -2.35. The van der Waals surface area contributed by atoms with Crippen LogP contribution >= 0.6 is 12.2 Å². The normalized spacial score (nSPS) is 25.9. The SMILES string of the molecule is COc1ccc(NC(=S)N[C@@H]2CCC[C@@H](C)[C@H]2C)cc1. The van der Waals surface area contributed by atoms with Crippen molar-refractivity contribution in [2.75, 3.05) is 12.4 Å². The molecule has 1 saturated carbocycles. The maximum atomic E-state index is 5.42. The molecular weight excluding hydrogens is 268 g/mol. The van der Waals surface area contributed by atoms with E-state index < -0.39 is 0 Å². The molecule has 0 aromatic heterocycles. The lowest BCUT2D eigenvalue weighted by Crippen LogP contribution is -2.45. The summed E-state index contributed by atoms with van der Waals surface area (Å²) in [5.41, 5.74) is 0.986. The van der Waals surface area contributed by atoms with Crippen LogP contribution in [-0.4, -0.2) is 18.3 Å². The number of benzene rings is 1. The van der Waals surface area contributed by atoms with Gasteiger partial charge in [0.1, 0.15) is 5.75 Å². The number of thiocarbonyl (C=S) groups is 1. The molecule has 1 aromatic rings. The fourth-order valence-electron chi connectivity index (χ4n) is 2.80. The summed E-state index contributed by atoms with van der Waals surface area (Å²) in [5.74, 6) is 2.29. The van der Waals surface area contributed by atoms with Crippen LogP contribution in [0.25, 0.3) is 0 Å². The Balaban J connectivity index is 1.88. The van der Waals surface area contributed by atoms with Gasteiger partial charge in [-0.15, -0.1) is 0 Å². The van der Waals surface area contributed by atoms with Crippen molar-refractivity contribution in [3.63, 3.8) is 0 Å². The van der Waals surface area contributed by atoms with Crippen LogP contribution < -0.4 is 15.4 Å². The molecule has 0 aliphatic heterocycles. The van der Waals surface area contributed by atoms with E-state index in [9.17, 15) is 0 Å². The average molecular weight is 292 g/mol. The Morgan fingerprint density at radius 2 is 1.90 bits per heavy atom. The van der Waals surface area contributed by atoms with Crippen LogP contribution in [0, 0.1) is 11.8 Å². The van der Waals surface area contributed by atoms with Gasteiger partial charge in [0.15, 0.2) is 5.11 Å². The highest BCUT2D eigenvalue weighted by Gasteiger charge is 2.27. The first-order valence-corrected chi connectivity index (χ1v) is 7.72. The van der Waals surface area contributed by atoms with Gasteiger partial charge >= 0.3 is 0 Å². The second-order valence-electron chi connectivity index (χ2n) is 5.70. The molecule has 1 aromatic carbocycles. The maximum Gasteiger partial charge on any atom is 0.171 e. The topological polar surface area (TPSA) is 33.3 Å². The fourth-order valence-corrected chi connectivity index (χ4v) is 3.06. The van der Waals surface area contributed by atoms with Gasteiger partial charge in [-0.1, -0.05) is 26.7 Å². The van der Waals surface area contributed by atoms with E-state index in [1.165, 1.54) is 19.3 Å². The highest BCUT2D eigenvalue weighted by molar-refractivity contribution is 7.80. The number of hydrogen-bond acceptors (Lipinski definition) is 2. The Kier molecular flexibility index (Phi) is 5.24. The first-order chi connectivity index (χ1) is 9.60. The standard InChI is InChI=1S/C16H24N2OS/c1-11-5-4-6-15(12(11)2)18-16(20)17-13-7-9-14(19-3)10-8-13/h7-12,15H,4-6H2,1-3H3,(H2,17,18,20)/t11-,12-,15-/m1/s1. The smallest absolute Gasteiger partial charge is 0.171 e. The van der Waals surface area contributed by atoms with Gasteiger partial charge in [-0.05, 0) is 54.7 Å². The Bertz CT molecular complexity index is 446. The first-order valence-electron chi connectivity index (χ1n) is 7.31. The van der Waals surface area contributed by atoms with Crippen LogP contribution in [0.1, 0.15) is 33.1 Å². The second-order valence-corrected chi connectivity index (χ2v) is 6.11. The molecule has 0 radical (unpaired) electrons. The van der Waals surface area contributed by atoms with Gasteiger partial charge in [0.05, 0.1) is 7.11 Å². The molecule has 1 aliphatic carbocycles. The maximum absolute atomic E-state index is 5.42. The van der Waals surface area contributed by atoms with Crippen LogP contribution in [0.15, 0.2) is 24.3 Å². The van der Waals surface area contributed by atoms with E-state index in [1.54, 1.807) is 7.11 Å². The number of nitrogens with one attached hydrogen (secondary N) is 2. The lowest BCUT2D eigenvalue weighted by molar-refractivity contribution is 0.225. The Hall–Kier alpha value is -1.29. The molecule has 2 rings (SSSR count). The zero-order valence-electron chi connectivity index (χ0n) is 12.5. The molecule has 3 nitrogen and oxygen atoms in total. The number of hydrogen-bond donors (Lipinski definition) is 2. The highest BCUT2D eigenvalue weighted by atomic mass is 32.1. The molecule has 20 heavy (non-hydrogen) atoms. The van der Waals surface area contributed by atoms with Crippen molar-refractivity contribution in [1.82, 2.24) is 5.32 Å². The van der Waals surface area contributed by atoms with Gasteiger partial charge < -0.3 is 15.4 Å².